The number of rotatable bonds is 2. The molecule has 1 aliphatic rings. The summed E-state index contributed by atoms with van der Waals surface area (Å²) in [6.45, 7) is 1.46. The van der Waals surface area contributed by atoms with Crippen LogP contribution in [0.5, 0.6) is 0 Å². The van der Waals surface area contributed by atoms with Gasteiger partial charge in [0.15, 0.2) is 11.6 Å². The van der Waals surface area contributed by atoms with Crippen LogP contribution < -0.4 is 10.6 Å². The molecule has 2 heterocycles. The van der Waals surface area contributed by atoms with Crippen molar-refractivity contribution in [3.05, 3.63) is 41.5 Å². The normalized spacial score (nSPS) is 13.5. The van der Waals surface area contributed by atoms with Crippen LogP contribution in [0.3, 0.4) is 0 Å². The highest BCUT2D eigenvalue weighted by atomic mass is 19.1. The van der Waals surface area contributed by atoms with Crippen molar-refractivity contribution in [3.8, 4) is 0 Å². The molecule has 0 bridgehead atoms. The lowest BCUT2D eigenvalue weighted by atomic mass is 10.2. The summed E-state index contributed by atoms with van der Waals surface area (Å²) in [6, 6.07) is 0.997. The van der Waals surface area contributed by atoms with Crippen LogP contribution in [0, 0.1) is 17.5 Å². The van der Waals surface area contributed by atoms with Gasteiger partial charge in [-0.1, -0.05) is 0 Å². The number of amides is 1. The average molecular weight is 296 g/mol. The Balaban J connectivity index is 1.85. The number of hydrogen-bond acceptors (Lipinski definition) is 3. The van der Waals surface area contributed by atoms with E-state index in [4.69, 9.17) is 0 Å². The lowest BCUT2D eigenvalue weighted by Gasteiger charge is -2.14. The third-order valence-corrected chi connectivity index (χ3v) is 3.11. The summed E-state index contributed by atoms with van der Waals surface area (Å²) < 4.78 is 41.5. The van der Waals surface area contributed by atoms with Crippen LogP contribution in [0.15, 0.2) is 18.3 Å². The largest absolute Gasteiger partial charge is 0.356 e. The molecule has 0 radical (unpaired) electrons. The van der Waals surface area contributed by atoms with E-state index in [0.717, 1.165) is 13.0 Å². The summed E-state index contributed by atoms with van der Waals surface area (Å²) in [4.78, 5) is 16.0. The molecule has 3 rings (SSSR count). The average Bonchev–Trinajstić information content (AvgIpc) is 2.86. The monoisotopic (exact) mass is 296 g/mol. The molecule has 0 saturated heterocycles. The maximum Gasteiger partial charge on any atom is 0.276 e. The molecular weight excluding hydrogens is 285 g/mol. The molecule has 1 aromatic carbocycles. The third kappa shape index (κ3) is 2.56. The van der Waals surface area contributed by atoms with E-state index >= 15 is 0 Å². The molecule has 0 saturated carbocycles. The minimum Gasteiger partial charge on any atom is -0.356 e. The van der Waals surface area contributed by atoms with Crippen molar-refractivity contribution >= 4 is 17.5 Å². The van der Waals surface area contributed by atoms with Crippen molar-refractivity contribution in [3.63, 3.8) is 0 Å². The number of anilines is 2. The van der Waals surface area contributed by atoms with E-state index in [-0.39, 0.29) is 5.69 Å². The Morgan fingerprint density at radius 3 is 2.67 bits per heavy atom. The molecule has 5 nitrogen and oxygen atoms in total. The lowest BCUT2D eigenvalue weighted by Crippen LogP contribution is -2.16. The smallest absolute Gasteiger partial charge is 0.276 e. The number of nitrogens with zero attached hydrogens (tertiary/aromatic N) is 2. The summed E-state index contributed by atoms with van der Waals surface area (Å²) in [7, 11) is 0. The third-order valence-electron chi connectivity index (χ3n) is 3.11. The Morgan fingerprint density at radius 2 is 2.00 bits per heavy atom. The number of halogens is 3. The van der Waals surface area contributed by atoms with Crippen molar-refractivity contribution in [1.29, 1.82) is 0 Å². The summed E-state index contributed by atoms with van der Waals surface area (Å²) in [5.74, 6) is -3.63. The highest BCUT2D eigenvalue weighted by molar-refractivity contribution is 6.03. The quantitative estimate of drug-likeness (QED) is 0.894. The fraction of sp³-hybridized carbons (Fsp3) is 0.231. The molecule has 1 aromatic heterocycles. The van der Waals surface area contributed by atoms with Crippen molar-refractivity contribution in [2.45, 2.75) is 13.0 Å². The van der Waals surface area contributed by atoms with Gasteiger partial charge in [0.1, 0.15) is 17.2 Å². The fourth-order valence-corrected chi connectivity index (χ4v) is 2.13. The van der Waals surface area contributed by atoms with Crippen LogP contribution in [0.25, 0.3) is 0 Å². The number of carbonyl (C=O) groups excluding carboxylic acids is 1. The van der Waals surface area contributed by atoms with Gasteiger partial charge in [-0.25, -0.2) is 18.2 Å². The van der Waals surface area contributed by atoms with Gasteiger partial charge in [0, 0.05) is 31.4 Å². The number of aromatic nitrogens is 2. The van der Waals surface area contributed by atoms with Gasteiger partial charge in [0.25, 0.3) is 5.91 Å². The van der Waals surface area contributed by atoms with E-state index in [2.05, 4.69) is 15.6 Å². The first-order valence-corrected chi connectivity index (χ1v) is 6.31. The van der Waals surface area contributed by atoms with E-state index in [1.165, 1.54) is 6.20 Å². The number of imidazole rings is 1. The van der Waals surface area contributed by atoms with Crippen molar-refractivity contribution in [2.75, 3.05) is 17.2 Å². The van der Waals surface area contributed by atoms with Gasteiger partial charge in [-0.15, -0.1) is 0 Å². The first kappa shape index (κ1) is 13.5. The van der Waals surface area contributed by atoms with Gasteiger partial charge < -0.3 is 15.2 Å². The molecule has 0 atom stereocenters. The molecule has 0 aliphatic carbocycles. The molecule has 2 N–H and O–H groups in total. The maximum absolute atomic E-state index is 13.5. The minimum atomic E-state index is -1.18. The van der Waals surface area contributed by atoms with E-state index < -0.39 is 29.0 Å². The van der Waals surface area contributed by atoms with E-state index in [1.807, 2.05) is 0 Å². The van der Waals surface area contributed by atoms with E-state index in [9.17, 15) is 18.0 Å². The first-order valence-electron chi connectivity index (χ1n) is 6.31. The highest BCUT2D eigenvalue weighted by Crippen LogP contribution is 2.21. The molecule has 110 valence electrons. The Kier molecular flexibility index (Phi) is 3.28. The Bertz CT molecular complexity index is 667. The molecule has 0 unspecified atom stereocenters. The maximum atomic E-state index is 13.5. The molecule has 21 heavy (non-hydrogen) atoms. The number of nitrogens with one attached hydrogen (secondary N) is 2. The Morgan fingerprint density at radius 1 is 1.29 bits per heavy atom. The van der Waals surface area contributed by atoms with Crippen LogP contribution in [-0.2, 0) is 6.54 Å². The number of hydrogen-bond donors (Lipinski definition) is 2. The SMILES string of the molecule is O=C(Nc1c(F)cc(F)cc1F)c1cn2c(n1)NCCC2. The summed E-state index contributed by atoms with van der Waals surface area (Å²) in [5.41, 5.74) is -0.664. The second-order valence-electron chi connectivity index (χ2n) is 4.62. The molecule has 8 heteroatoms. The zero-order valence-electron chi connectivity index (χ0n) is 10.8. The van der Waals surface area contributed by atoms with Crippen molar-refractivity contribution in [2.24, 2.45) is 0 Å². The molecule has 0 spiro atoms. The fourth-order valence-electron chi connectivity index (χ4n) is 2.13. The van der Waals surface area contributed by atoms with Crippen LogP contribution >= 0.6 is 0 Å². The van der Waals surface area contributed by atoms with Crippen LogP contribution in [0.2, 0.25) is 0 Å². The number of aryl methyl sites for hydroxylation is 1. The Hall–Kier alpha value is -2.51. The second kappa shape index (κ2) is 5.12. The van der Waals surface area contributed by atoms with E-state index in [1.54, 1.807) is 4.57 Å². The predicted molar refractivity (Wildman–Crippen MR) is 69.6 cm³/mol. The standard InChI is InChI=1S/C13H11F3N4O/c14-7-4-8(15)11(9(16)5-7)19-12(21)10-6-20-3-1-2-17-13(20)18-10/h4-6H,1-3H2,(H,17,18)(H,19,21). The van der Waals surface area contributed by atoms with Crippen LogP contribution in [-0.4, -0.2) is 22.0 Å². The van der Waals surface area contributed by atoms with Crippen molar-refractivity contribution in [1.82, 2.24) is 9.55 Å². The molecule has 0 fully saturated rings. The summed E-state index contributed by atoms with van der Waals surface area (Å²) >= 11 is 0. The lowest BCUT2D eigenvalue weighted by molar-refractivity contribution is 0.102. The van der Waals surface area contributed by atoms with E-state index in [0.29, 0.717) is 24.6 Å². The summed E-state index contributed by atoms with van der Waals surface area (Å²) in [6.07, 6.45) is 2.39. The van der Waals surface area contributed by atoms with Crippen LogP contribution in [0.4, 0.5) is 24.8 Å². The second-order valence-corrected chi connectivity index (χ2v) is 4.62. The predicted octanol–water partition coefficient (Wildman–Crippen LogP) is 2.37. The van der Waals surface area contributed by atoms with Gasteiger partial charge in [0.05, 0.1) is 0 Å². The molecule has 1 aliphatic heterocycles. The van der Waals surface area contributed by atoms with Gasteiger partial charge in [-0.05, 0) is 6.42 Å². The van der Waals surface area contributed by atoms with Gasteiger partial charge in [-0.2, -0.15) is 0 Å². The zero-order valence-corrected chi connectivity index (χ0v) is 10.8. The van der Waals surface area contributed by atoms with Crippen molar-refractivity contribution < 1.29 is 18.0 Å². The first-order chi connectivity index (χ1) is 10.0. The number of carbonyl (C=O) groups is 1. The molecule has 2 aromatic rings. The zero-order chi connectivity index (χ0) is 15.0. The molecular formula is C13H11F3N4O. The van der Waals surface area contributed by atoms with Gasteiger partial charge in [-0.3, -0.25) is 4.79 Å². The Labute approximate surface area is 117 Å². The van der Waals surface area contributed by atoms with Crippen LogP contribution in [0.1, 0.15) is 16.9 Å². The topological polar surface area (TPSA) is 59.0 Å². The molecule has 1 amide bonds. The summed E-state index contributed by atoms with van der Waals surface area (Å²) in [5, 5.41) is 5.08. The minimum absolute atomic E-state index is 0.0301. The highest BCUT2D eigenvalue weighted by Gasteiger charge is 2.19. The number of benzene rings is 1. The van der Waals surface area contributed by atoms with Gasteiger partial charge >= 0.3 is 0 Å². The number of fused-ring (bicyclic) bond motifs is 1. The van der Waals surface area contributed by atoms with Gasteiger partial charge in [0.2, 0.25) is 5.95 Å².